The minimum Gasteiger partial charge on any atom is -0.478 e. The maximum atomic E-state index is 13.0. The zero-order chi connectivity index (χ0) is 16.9. The maximum absolute atomic E-state index is 13.0. The van der Waals surface area contributed by atoms with Crippen LogP contribution in [-0.2, 0) is 16.4 Å². The molecule has 1 heterocycles. The van der Waals surface area contributed by atoms with Crippen LogP contribution < -0.4 is 4.31 Å². The van der Waals surface area contributed by atoms with Crippen LogP contribution >= 0.6 is 0 Å². The molecule has 1 saturated carbocycles. The van der Waals surface area contributed by atoms with E-state index in [2.05, 4.69) is 0 Å². The van der Waals surface area contributed by atoms with Gasteiger partial charge in [-0.25, -0.2) is 13.2 Å². The van der Waals surface area contributed by atoms with Crippen LogP contribution in [0.3, 0.4) is 0 Å². The summed E-state index contributed by atoms with van der Waals surface area (Å²) >= 11 is 0. The van der Waals surface area contributed by atoms with Gasteiger partial charge in [-0.15, -0.1) is 0 Å². The maximum Gasteiger partial charge on any atom is 0.337 e. The van der Waals surface area contributed by atoms with Gasteiger partial charge < -0.3 is 5.11 Å². The Hall–Kier alpha value is -2.34. The lowest BCUT2D eigenvalue weighted by molar-refractivity contribution is 0.0698. The van der Waals surface area contributed by atoms with Crippen molar-refractivity contribution in [2.24, 2.45) is 0 Å². The average molecular weight is 343 g/mol. The van der Waals surface area contributed by atoms with E-state index in [1.54, 1.807) is 12.1 Å². The van der Waals surface area contributed by atoms with Crippen LogP contribution in [0.5, 0.6) is 0 Å². The highest BCUT2D eigenvalue weighted by Crippen LogP contribution is 2.49. The molecule has 0 unspecified atom stereocenters. The fraction of sp³-hybridized carbons (Fsp3) is 0.278. The van der Waals surface area contributed by atoms with Gasteiger partial charge in [0.1, 0.15) is 0 Å². The van der Waals surface area contributed by atoms with Gasteiger partial charge in [-0.3, -0.25) is 4.31 Å². The number of carboxylic acid groups (broad SMARTS) is 1. The number of benzene rings is 2. The van der Waals surface area contributed by atoms with Gasteiger partial charge in [0.2, 0.25) is 10.0 Å². The van der Waals surface area contributed by atoms with Crippen molar-refractivity contribution in [1.82, 2.24) is 0 Å². The van der Waals surface area contributed by atoms with E-state index in [9.17, 15) is 18.3 Å². The number of rotatable bonds is 4. The van der Waals surface area contributed by atoms with Crippen LogP contribution in [0.1, 0.15) is 33.8 Å². The first-order valence-corrected chi connectivity index (χ1v) is 9.42. The molecular weight excluding hydrogens is 326 g/mol. The number of carboxylic acids is 1. The van der Waals surface area contributed by atoms with E-state index in [0.717, 1.165) is 11.1 Å². The average Bonchev–Trinajstić information content (AvgIpc) is 3.27. The highest BCUT2D eigenvalue weighted by atomic mass is 32.2. The van der Waals surface area contributed by atoms with Gasteiger partial charge in [0.05, 0.1) is 16.5 Å². The van der Waals surface area contributed by atoms with E-state index in [1.165, 1.54) is 10.4 Å². The number of sulfonamides is 1. The molecule has 2 aromatic carbocycles. The molecule has 0 radical (unpaired) electrons. The second-order valence-corrected chi connectivity index (χ2v) is 8.35. The minimum atomic E-state index is -3.56. The number of carbonyl (C=O) groups is 1. The summed E-state index contributed by atoms with van der Waals surface area (Å²) in [6.45, 7) is 0.319. The molecule has 0 spiro atoms. The predicted octanol–water partition coefficient (Wildman–Crippen LogP) is 2.63. The fourth-order valence-electron chi connectivity index (χ4n) is 3.56. The van der Waals surface area contributed by atoms with Crippen molar-refractivity contribution in [1.29, 1.82) is 0 Å². The number of aromatic carboxylic acids is 1. The third-order valence-electron chi connectivity index (χ3n) is 4.83. The fourth-order valence-corrected chi connectivity index (χ4v) is 5.73. The van der Waals surface area contributed by atoms with Crippen molar-refractivity contribution in [3.05, 3.63) is 65.2 Å². The monoisotopic (exact) mass is 343 g/mol. The molecular formula is C18H17NO4S. The minimum absolute atomic E-state index is 0.00256. The lowest BCUT2D eigenvalue weighted by Crippen LogP contribution is -2.33. The first-order valence-electron chi connectivity index (χ1n) is 7.92. The quantitative estimate of drug-likeness (QED) is 0.926. The predicted molar refractivity (Wildman–Crippen MR) is 91.0 cm³/mol. The SMILES string of the molecule is O=C(O)c1cccc2c1N(S(=O)(=O)[C@@H]1C[C@H]1c1ccccc1)CC2. The molecule has 0 amide bonds. The highest BCUT2D eigenvalue weighted by molar-refractivity contribution is 7.93. The molecule has 2 atom stereocenters. The highest BCUT2D eigenvalue weighted by Gasteiger charge is 2.52. The number of fused-ring (bicyclic) bond motifs is 1. The summed E-state index contributed by atoms with van der Waals surface area (Å²) in [5.41, 5.74) is 2.22. The third-order valence-corrected chi connectivity index (χ3v) is 7.10. The summed E-state index contributed by atoms with van der Waals surface area (Å²) in [6.07, 6.45) is 1.14. The first-order chi connectivity index (χ1) is 11.5. The van der Waals surface area contributed by atoms with E-state index < -0.39 is 21.2 Å². The van der Waals surface area contributed by atoms with Gasteiger partial charge in [-0.05, 0) is 30.0 Å². The summed E-state index contributed by atoms with van der Waals surface area (Å²) in [5, 5.41) is 8.93. The molecule has 24 heavy (non-hydrogen) atoms. The Bertz CT molecular complexity index is 908. The van der Waals surface area contributed by atoms with Gasteiger partial charge in [0.15, 0.2) is 0 Å². The molecule has 1 aliphatic heterocycles. The van der Waals surface area contributed by atoms with Crippen LogP contribution in [0, 0.1) is 0 Å². The van der Waals surface area contributed by atoms with Gasteiger partial charge in [-0.2, -0.15) is 0 Å². The van der Waals surface area contributed by atoms with Gasteiger partial charge in [0.25, 0.3) is 0 Å². The summed E-state index contributed by atoms with van der Waals surface area (Å²) in [4.78, 5) is 11.5. The van der Waals surface area contributed by atoms with Crippen LogP contribution in [0.25, 0.3) is 0 Å². The molecule has 2 aromatic rings. The van der Waals surface area contributed by atoms with Crippen LogP contribution in [0.2, 0.25) is 0 Å². The summed E-state index contributed by atoms with van der Waals surface area (Å²) < 4.78 is 27.4. The van der Waals surface area contributed by atoms with Crippen LogP contribution in [-0.4, -0.2) is 31.3 Å². The second-order valence-electron chi connectivity index (χ2n) is 6.28. The van der Waals surface area contributed by atoms with Crippen molar-refractivity contribution >= 4 is 21.7 Å². The Labute approximate surface area is 140 Å². The van der Waals surface area contributed by atoms with Crippen molar-refractivity contribution in [3.8, 4) is 0 Å². The zero-order valence-electron chi connectivity index (χ0n) is 12.9. The van der Waals surface area contributed by atoms with Crippen LogP contribution in [0.15, 0.2) is 48.5 Å². The Morgan fingerprint density at radius 2 is 1.83 bits per heavy atom. The molecule has 5 nitrogen and oxygen atoms in total. The third kappa shape index (κ3) is 2.29. The van der Waals surface area contributed by atoms with E-state index in [-0.39, 0.29) is 11.5 Å². The van der Waals surface area contributed by atoms with Crippen molar-refractivity contribution in [2.75, 3.05) is 10.8 Å². The van der Waals surface area contributed by atoms with E-state index in [1.807, 2.05) is 30.3 Å². The lowest BCUT2D eigenvalue weighted by Gasteiger charge is -2.21. The molecule has 0 saturated heterocycles. The number of para-hydroxylation sites is 1. The lowest BCUT2D eigenvalue weighted by atomic mass is 10.1. The summed E-state index contributed by atoms with van der Waals surface area (Å²) in [5.74, 6) is -1.10. The first kappa shape index (κ1) is 15.2. The molecule has 1 fully saturated rings. The standard InChI is InChI=1S/C18H17NO4S/c20-18(21)14-8-4-7-13-9-10-19(17(13)14)24(22,23)16-11-15(16)12-5-2-1-3-6-12/h1-8,15-16H,9-11H2,(H,20,21)/t15-,16+/m0/s1. The Kier molecular flexibility index (Phi) is 3.38. The van der Waals surface area contributed by atoms with E-state index in [0.29, 0.717) is 25.1 Å². The van der Waals surface area contributed by atoms with Crippen molar-refractivity contribution < 1.29 is 18.3 Å². The van der Waals surface area contributed by atoms with E-state index >= 15 is 0 Å². The molecule has 1 N–H and O–H groups in total. The van der Waals surface area contributed by atoms with Gasteiger partial charge in [0, 0.05) is 12.5 Å². The second kappa shape index (κ2) is 5.34. The van der Waals surface area contributed by atoms with E-state index in [4.69, 9.17) is 0 Å². The number of nitrogens with zero attached hydrogens (tertiary/aromatic N) is 1. The summed E-state index contributed by atoms with van der Waals surface area (Å²) in [7, 11) is -3.56. The Morgan fingerprint density at radius 3 is 2.54 bits per heavy atom. The molecule has 1 aliphatic carbocycles. The normalized spacial score (nSPS) is 22.2. The zero-order valence-corrected chi connectivity index (χ0v) is 13.7. The molecule has 6 heteroatoms. The number of anilines is 1. The van der Waals surface area contributed by atoms with Crippen molar-refractivity contribution in [2.45, 2.75) is 24.0 Å². The smallest absolute Gasteiger partial charge is 0.337 e. The molecule has 0 aromatic heterocycles. The molecule has 0 bridgehead atoms. The Balaban J connectivity index is 1.69. The van der Waals surface area contributed by atoms with Crippen molar-refractivity contribution in [3.63, 3.8) is 0 Å². The van der Waals surface area contributed by atoms with Crippen LogP contribution in [0.4, 0.5) is 5.69 Å². The number of hydrogen-bond donors (Lipinski definition) is 1. The molecule has 2 aliphatic rings. The topological polar surface area (TPSA) is 74.7 Å². The molecule has 4 rings (SSSR count). The van der Waals surface area contributed by atoms with Gasteiger partial charge >= 0.3 is 5.97 Å². The number of hydrogen-bond acceptors (Lipinski definition) is 3. The van der Waals surface area contributed by atoms with Gasteiger partial charge in [-0.1, -0.05) is 42.5 Å². The largest absolute Gasteiger partial charge is 0.478 e. The molecule has 124 valence electrons. The Morgan fingerprint density at radius 1 is 1.08 bits per heavy atom. The summed E-state index contributed by atoms with van der Waals surface area (Å²) in [6, 6.07) is 14.6.